The molecule has 35 heavy (non-hydrogen) atoms. The summed E-state index contributed by atoms with van der Waals surface area (Å²) in [7, 11) is 4.18. The number of amides is 1. The number of likely N-dealkylation sites (tertiary alicyclic amines) is 1. The van der Waals surface area contributed by atoms with Crippen LogP contribution in [0.25, 0.3) is 0 Å². The zero-order chi connectivity index (χ0) is 24.7. The van der Waals surface area contributed by atoms with Gasteiger partial charge in [-0.05, 0) is 69.0 Å². The third-order valence-corrected chi connectivity index (χ3v) is 7.83. The Labute approximate surface area is 206 Å². The average Bonchev–Trinajstić information content (AvgIpc) is 3.28. The molecule has 2 fully saturated rings. The zero-order valence-electron chi connectivity index (χ0n) is 20.6. The van der Waals surface area contributed by atoms with E-state index in [9.17, 15) is 14.7 Å². The van der Waals surface area contributed by atoms with E-state index in [1.54, 1.807) is 18.2 Å². The summed E-state index contributed by atoms with van der Waals surface area (Å²) < 4.78 is 5.76. The van der Waals surface area contributed by atoms with Crippen LogP contribution < -0.4 is 9.96 Å². The van der Waals surface area contributed by atoms with E-state index in [2.05, 4.69) is 30.8 Å². The Balaban J connectivity index is 1.47. The van der Waals surface area contributed by atoms with Gasteiger partial charge in [-0.15, -0.1) is 5.06 Å². The van der Waals surface area contributed by atoms with Gasteiger partial charge in [-0.3, -0.25) is 4.90 Å². The fourth-order valence-corrected chi connectivity index (χ4v) is 6.04. The predicted octanol–water partition coefficient (Wildman–Crippen LogP) is 4.81. The molecular formula is C27H33N3O5. The minimum absolute atomic E-state index is 0.0166. The number of likely N-dealkylation sites (N-methyl/N-ethyl adjacent to an activating group) is 2. The minimum atomic E-state index is -0.832. The summed E-state index contributed by atoms with van der Waals surface area (Å²) in [4.78, 5) is 36.4. The van der Waals surface area contributed by atoms with Gasteiger partial charge in [0.15, 0.2) is 0 Å². The molecule has 0 aromatic heterocycles. The van der Waals surface area contributed by atoms with Crippen LogP contribution in [0.4, 0.5) is 16.2 Å². The summed E-state index contributed by atoms with van der Waals surface area (Å²) in [5.41, 5.74) is 2.58. The van der Waals surface area contributed by atoms with Crippen LogP contribution >= 0.6 is 0 Å². The zero-order valence-corrected chi connectivity index (χ0v) is 20.6. The van der Waals surface area contributed by atoms with Crippen molar-refractivity contribution in [3.63, 3.8) is 0 Å². The van der Waals surface area contributed by atoms with Crippen molar-refractivity contribution in [1.29, 1.82) is 0 Å². The largest absolute Gasteiger partial charge is 0.507 e. The molecule has 5 rings (SSSR count). The Morgan fingerprint density at radius 3 is 2.57 bits per heavy atom. The molecule has 1 aliphatic carbocycles. The lowest BCUT2D eigenvalue weighted by molar-refractivity contribution is 0.0293. The van der Waals surface area contributed by atoms with Gasteiger partial charge in [-0.25, -0.2) is 9.59 Å². The highest BCUT2D eigenvalue weighted by atomic mass is 16.8. The number of hydroxylamine groups is 1. The number of para-hydroxylation sites is 1. The molecule has 0 spiro atoms. The maximum atomic E-state index is 13.3. The molecule has 2 atom stereocenters. The van der Waals surface area contributed by atoms with Crippen LogP contribution in [0, 0.1) is 0 Å². The Morgan fingerprint density at radius 2 is 1.83 bits per heavy atom. The minimum Gasteiger partial charge on any atom is -0.507 e. The number of ether oxygens (including phenoxy) is 1. The second-order valence-electron chi connectivity index (χ2n) is 10.2. The third-order valence-electron chi connectivity index (χ3n) is 7.83. The van der Waals surface area contributed by atoms with Crippen molar-refractivity contribution in [2.75, 3.05) is 30.6 Å². The van der Waals surface area contributed by atoms with Crippen LogP contribution in [-0.2, 0) is 15.0 Å². The number of carbonyl (C=O) groups is 2. The van der Waals surface area contributed by atoms with Crippen LogP contribution in [0.3, 0.4) is 0 Å². The molecule has 0 radical (unpaired) electrons. The number of hydrogen-bond acceptors (Lipinski definition) is 7. The van der Waals surface area contributed by atoms with E-state index < -0.39 is 12.1 Å². The Kier molecular flexibility index (Phi) is 6.09. The molecule has 1 saturated carbocycles. The number of anilines is 2. The van der Waals surface area contributed by atoms with Crippen LogP contribution in [0.15, 0.2) is 42.5 Å². The molecule has 2 unspecified atom stereocenters. The second-order valence-corrected chi connectivity index (χ2v) is 10.2. The number of carbonyl (C=O) groups excluding carboxylic acids is 2. The first-order valence-corrected chi connectivity index (χ1v) is 12.4. The molecule has 2 aromatic carbocycles. The lowest BCUT2D eigenvalue weighted by Gasteiger charge is -2.32. The third kappa shape index (κ3) is 4.10. The maximum absolute atomic E-state index is 13.3. The van der Waals surface area contributed by atoms with Gasteiger partial charge in [0, 0.05) is 24.7 Å². The first-order valence-electron chi connectivity index (χ1n) is 12.4. The fourth-order valence-electron chi connectivity index (χ4n) is 6.04. The van der Waals surface area contributed by atoms with Gasteiger partial charge in [-0.2, -0.15) is 0 Å². The van der Waals surface area contributed by atoms with E-state index in [1.165, 1.54) is 17.7 Å². The predicted molar refractivity (Wildman–Crippen MR) is 133 cm³/mol. The second kappa shape index (κ2) is 9.07. The number of hydrogen-bond donors (Lipinski definition) is 1. The van der Waals surface area contributed by atoms with E-state index in [0.29, 0.717) is 5.69 Å². The van der Waals surface area contributed by atoms with E-state index >= 15 is 0 Å². The van der Waals surface area contributed by atoms with Gasteiger partial charge in [-0.1, -0.05) is 31.5 Å². The van der Waals surface area contributed by atoms with Crippen molar-refractivity contribution in [2.45, 2.75) is 63.1 Å². The molecule has 1 amide bonds. The van der Waals surface area contributed by atoms with Crippen molar-refractivity contribution in [1.82, 2.24) is 4.90 Å². The summed E-state index contributed by atoms with van der Waals surface area (Å²) in [5.74, 6) is -1.04. The van der Waals surface area contributed by atoms with Crippen LogP contribution in [0.5, 0.6) is 5.75 Å². The Morgan fingerprint density at radius 1 is 1.09 bits per heavy atom. The SMILES string of the molecule is CN1CCC2(C)c3ccc(N(OC(=O)c4ccccc4O)C(=O)OC4CCCCC4)cc3N(C)C12. The van der Waals surface area contributed by atoms with Gasteiger partial charge in [0.05, 0.1) is 11.9 Å². The standard InChI is InChI=1S/C27H33N3O5/c1-27-15-16-28(2)25(27)29(3)22-17-18(13-14-21(22)27)30(26(33)34-19-9-5-4-6-10-19)35-24(32)20-11-7-8-12-23(20)31/h7-8,11-14,17,19,25,31H,4-6,9-10,15-16H2,1-3H3. The fraction of sp³-hybridized carbons (Fsp3) is 0.481. The molecule has 2 aliphatic heterocycles. The van der Waals surface area contributed by atoms with E-state index in [4.69, 9.17) is 9.57 Å². The molecule has 2 heterocycles. The molecule has 186 valence electrons. The summed E-state index contributed by atoms with van der Waals surface area (Å²) in [6, 6.07) is 11.8. The Bertz CT molecular complexity index is 1130. The first kappa shape index (κ1) is 23.5. The molecule has 8 nitrogen and oxygen atoms in total. The molecule has 1 N–H and O–H groups in total. The number of phenols is 1. The molecule has 8 heteroatoms. The quantitative estimate of drug-likeness (QED) is 0.633. The van der Waals surface area contributed by atoms with Gasteiger partial charge in [0.2, 0.25) is 0 Å². The monoisotopic (exact) mass is 479 g/mol. The van der Waals surface area contributed by atoms with E-state index in [-0.39, 0.29) is 29.0 Å². The smallest absolute Gasteiger partial charge is 0.448 e. The molecular weight excluding hydrogens is 446 g/mol. The summed E-state index contributed by atoms with van der Waals surface area (Å²) in [6.07, 6.45) is 5.07. The molecule has 1 saturated heterocycles. The summed E-state index contributed by atoms with van der Waals surface area (Å²) >= 11 is 0. The van der Waals surface area contributed by atoms with Crippen molar-refractivity contribution < 1.29 is 24.3 Å². The molecule has 2 aromatic rings. The van der Waals surface area contributed by atoms with Crippen LogP contribution in [0.1, 0.15) is 61.4 Å². The first-order chi connectivity index (χ1) is 16.8. The highest BCUT2D eigenvalue weighted by Crippen LogP contribution is 2.51. The lowest BCUT2D eigenvalue weighted by Crippen LogP contribution is -2.45. The van der Waals surface area contributed by atoms with Gasteiger partial charge < -0.3 is 19.6 Å². The van der Waals surface area contributed by atoms with Gasteiger partial charge in [0.25, 0.3) is 0 Å². The van der Waals surface area contributed by atoms with Gasteiger partial charge >= 0.3 is 12.1 Å². The highest BCUT2D eigenvalue weighted by Gasteiger charge is 2.52. The van der Waals surface area contributed by atoms with E-state index in [1.807, 2.05) is 12.1 Å². The van der Waals surface area contributed by atoms with E-state index in [0.717, 1.165) is 55.8 Å². The lowest BCUT2D eigenvalue weighted by atomic mass is 9.81. The molecule has 0 bridgehead atoms. The number of nitrogens with zero attached hydrogens (tertiary/aromatic N) is 3. The Hall–Kier alpha value is -3.26. The van der Waals surface area contributed by atoms with Crippen LogP contribution in [0.2, 0.25) is 0 Å². The molecule has 3 aliphatic rings. The van der Waals surface area contributed by atoms with Crippen molar-refractivity contribution in [2.24, 2.45) is 0 Å². The number of aromatic hydroxyl groups is 1. The van der Waals surface area contributed by atoms with Gasteiger partial charge in [0.1, 0.15) is 17.4 Å². The number of rotatable bonds is 3. The highest BCUT2D eigenvalue weighted by molar-refractivity contribution is 5.96. The number of phenolic OH excluding ortho intramolecular Hbond substituents is 1. The van der Waals surface area contributed by atoms with Crippen molar-refractivity contribution in [3.8, 4) is 5.75 Å². The van der Waals surface area contributed by atoms with Crippen LogP contribution in [-0.4, -0.2) is 55.0 Å². The average molecular weight is 480 g/mol. The maximum Gasteiger partial charge on any atom is 0.448 e. The summed E-state index contributed by atoms with van der Waals surface area (Å²) in [5, 5.41) is 11.1. The van der Waals surface area contributed by atoms with Crippen molar-refractivity contribution in [3.05, 3.63) is 53.6 Å². The number of benzene rings is 2. The summed E-state index contributed by atoms with van der Waals surface area (Å²) in [6.45, 7) is 3.29. The topological polar surface area (TPSA) is 82.6 Å². The number of fused-ring (bicyclic) bond motifs is 3. The normalized spacial score (nSPS) is 24.1. The van der Waals surface area contributed by atoms with Crippen molar-refractivity contribution >= 4 is 23.4 Å².